The number of carbonyl (C=O) groups is 1. The van der Waals surface area contributed by atoms with Crippen molar-refractivity contribution in [2.75, 3.05) is 12.3 Å². The Kier molecular flexibility index (Phi) is 6.40. The number of benzene rings is 1. The average Bonchev–Trinajstić information content (AvgIpc) is 2.54. The minimum atomic E-state index is 0.0104. The molecule has 0 atom stereocenters. The van der Waals surface area contributed by atoms with Gasteiger partial charge in [0.1, 0.15) is 0 Å². The van der Waals surface area contributed by atoms with E-state index in [-0.39, 0.29) is 5.91 Å². The van der Waals surface area contributed by atoms with Crippen LogP contribution in [0.3, 0.4) is 0 Å². The van der Waals surface area contributed by atoms with Crippen LogP contribution in [0.5, 0.6) is 0 Å². The van der Waals surface area contributed by atoms with Crippen LogP contribution in [0, 0.1) is 0 Å². The number of rotatable bonds is 7. The van der Waals surface area contributed by atoms with Crippen molar-refractivity contribution in [2.45, 2.75) is 31.3 Å². The van der Waals surface area contributed by atoms with E-state index in [1.54, 1.807) is 18.5 Å². The summed E-state index contributed by atoms with van der Waals surface area (Å²) in [5.74, 6) is 0.901. The molecule has 0 aliphatic rings. The standard InChI is InChI=1S/C17H21N3OS/c1-13(2)15-6-4-14(5-7-15)8-11-18-16(21)12-22-17-19-9-3-10-20-17/h3-7,9-10,13H,8,11-12H2,1-2H3,(H,18,21). The molecule has 1 aromatic carbocycles. The Morgan fingerprint density at radius 2 is 1.86 bits per heavy atom. The predicted molar refractivity (Wildman–Crippen MR) is 90.0 cm³/mol. The van der Waals surface area contributed by atoms with E-state index in [0.717, 1.165) is 6.42 Å². The molecule has 0 aliphatic carbocycles. The molecular weight excluding hydrogens is 294 g/mol. The molecule has 0 saturated heterocycles. The lowest BCUT2D eigenvalue weighted by atomic mass is 10.0. The molecule has 1 amide bonds. The van der Waals surface area contributed by atoms with E-state index in [4.69, 9.17) is 0 Å². The van der Waals surface area contributed by atoms with E-state index in [0.29, 0.717) is 23.4 Å². The second-order valence-electron chi connectivity index (χ2n) is 5.32. The topological polar surface area (TPSA) is 54.9 Å². The number of nitrogens with zero attached hydrogens (tertiary/aromatic N) is 2. The molecule has 2 rings (SSSR count). The van der Waals surface area contributed by atoms with Crippen LogP contribution < -0.4 is 5.32 Å². The van der Waals surface area contributed by atoms with E-state index < -0.39 is 0 Å². The Balaban J connectivity index is 1.68. The van der Waals surface area contributed by atoms with E-state index in [9.17, 15) is 4.79 Å². The van der Waals surface area contributed by atoms with Gasteiger partial charge in [0.15, 0.2) is 5.16 Å². The summed E-state index contributed by atoms with van der Waals surface area (Å²) in [6.45, 7) is 5.02. The average molecular weight is 315 g/mol. The monoisotopic (exact) mass is 315 g/mol. The van der Waals surface area contributed by atoms with E-state index in [2.05, 4.69) is 53.4 Å². The summed E-state index contributed by atoms with van der Waals surface area (Å²) < 4.78 is 0. The molecule has 0 spiro atoms. The first kappa shape index (κ1) is 16.5. The number of nitrogens with one attached hydrogen (secondary N) is 1. The molecule has 1 N–H and O–H groups in total. The van der Waals surface area contributed by atoms with Gasteiger partial charge in [-0.05, 0) is 29.5 Å². The van der Waals surface area contributed by atoms with Gasteiger partial charge in [-0.25, -0.2) is 9.97 Å². The number of thioether (sulfide) groups is 1. The van der Waals surface area contributed by atoms with Crippen molar-refractivity contribution < 1.29 is 4.79 Å². The highest BCUT2D eigenvalue weighted by Crippen LogP contribution is 2.14. The van der Waals surface area contributed by atoms with Gasteiger partial charge in [-0.3, -0.25) is 4.79 Å². The molecule has 1 heterocycles. The van der Waals surface area contributed by atoms with Crippen molar-refractivity contribution in [2.24, 2.45) is 0 Å². The van der Waals surface area contributed by atoms with Gasteiger partial charge in [-0.15, -0.1) is 0 Å². The Labute approximate surface area is 135 Å². The van der Waals surface area contributed by atoms with Gasteiger partial charge in [-0.2, -0.15) is 0 Å². The molecule has 2 aromatic rings. The lowest BCUT2D eigenvalue weighted by Gasteiger charge is -2.08. The van der Waals surface area contributed by atoms with Crippen LogP contribution in [-0.2, 0) is 11.2 Å². The maximum atomic E-state index is 11.8. The molecule has 22 heavy (non-hydrogen) atoms. The molecular formula is C17H21N3OS. The Bertz CT molecular complexity index is 585. The molecule has 0 fully saturated rings. The fraction of sp³-hybridized carbons (Fsp3) is 0.353. The summed E-state index contributed by atoms with van der Waals surface area (Å²) in [4.78, 5) is 19.9. The minimum absolute atomic E-state index is 0.0104. The number of carbonyl (C=O) groups excluding carboxylic acids is 1. The Morgan fingerprint density at radius 1 is 1.18 bits per heavy atom. The van der Waals surface area contributed by atoms with Gasteiger partial charge in [0, 0.05) is 18.9 Å². The lowest BCUT2D eigenvalue weighted by Crippen LogP contribution is -2.27. The van der Waals surface area contributed by atoms with E-state index in [1.165, 1.54) is 22.9 Å². The quantitative estimate of drug-likeness (QED) is 0.630. The van der Waals surface area contributed by atoms with Gasteiger partial charge >= 0.3 is 0 Å². The Hall–Kier alpha value is -1.88. The molecule has 5 heteroatoms. The molecule has 0 radical (unpaired) electrons. The normalized spacial score (nSPS) is 10.7. The molecule has 116 valence electrons. The number of aromatic nitrogens is 2. The van der Waals surface area contributed by atoms with Crippen molar-refractivity contribution in [3.63, 3.8) is 0 Å². The summed E-state index contributed by atoms with van der Waals surface area (Å²) in [7, 11) is 0. The first-order valence-electron chi connectivity index (χ1n) is 7.40. The van der Waals surface area contributed by atoms with Gasteiger partial charge in [0.2, 0.25) is 5.91 Å². The summed E-state index contributed by atoms with van der Waals surface area (Å²) in [5, 5.41) is 3.55. The summed E-state index contributed by atoms with van der Waals surface area (Å²) in [6.07, 6.45) is 4.19. The zero-order chi connectivity index (χ0) is 15.8. The van der Waals surface area contributed by atoms with Crippen molar-refractivity contribution in [3.8, 4) is 0 Å². The van der Waals surface area contributed by atoms with Gasteiger partial charge in [-0.1, -0.05) is 49.9 Å². The molecule has 0 unspecified atom stereocenters. The number of hydrogen-bond donors (Lipinski definition) is 1. The largest absolute Gasteiger partial charge is 0.355 e. The van der Waals surface area contributed by atoms with Gasteiger partial charge in [0.05, 0.1) is 5.75 Å². The summed E-state index contributed by atoms with van der Waals surface area (Å²) in [5.41, 5.74) is 2.58. The van der Waals surface area contributed by atoms with E-state index in [1.807, 2.05) is 0 Å². The van der Waals surface area contributed by atoms with Crippen LogP contribution in [0.4, 0.5) is 0 Å². The summed E-state index contributed by atoms with van der Waals surface area (Å²) >= 11 is 1.35. The molecule has 0 aliphatic heterocycles. The third-order valence-corrected chi connectivity index (χ3v) is 4.13. The van der Waals surface area contributed by atoms with Crippen molar-refractivity contribution >= 4 is 17.7 Å². The second kappa shape index (κ2) is 8.54. The van der Waals surface area contributed by atoms with Crippen LogP contribution >= 0.6 is 11.8 Å². The number of amides is 1. The van der Waals surface area contributed by atoms with Crippen molar-refractivity contribution in [3.05, 3.63) is 53.9 Å². The first-order chi connectivity index (χ1) is 10.6. The van der Waals surface area contributed by atoms with Crippen molar-refractivity contribution in [1.82, 2.24) is 15.3 Å². The van der Waals surface area contributed by atoms with Crippen LogP contribution in [0.2, 0.25) is 0 Å². The first-order valence-corrected chi connectivity index (χ1v) is 8.39. The molecule has 0 bridgehead atoms. The molecule has 0 saturated carbocycles. The lowest BCUT2D eigenvalue weighted by molar-refractivity contribution is -0.118. The predicted octanol–water partition coefficient (Wildman–Crippen LogP) is 3.05. The zero-order valence-electron chi connectivity index (χ0n) is 13.0. The maximum Gasteiger partial charge on any atom is 0.230 e. The van der Waals surface area contributed by atoms with Crippen LogP contribution in [0.1, 0.15) is 30.9 Å². The molecule has 1 aromatic heterocycles. The fourth-order valence-corrected chi connectivity index (χ4v) is 2.59. The third kappa shape index (κ3) is 5.48. The highest BCUT2D eigenvalue weighted by atomic mass is 32.2. The van der Waals surface area contributed by atoms with Crippen LogP contribution in [0.25, 0.3) is 0 Å². The highest BCUT2D eigenvalue weighted by molar-refractivity contribution is 7.99. The maximum absolute atomic E-state index is 11.8. The molecule has 4 nitrogen and oxygen atoms in total. The van der Waals surface area contributed by atoms with Crippen LogP contribution in [-0.4, -0.2) is 28.2 Å². The van der Waals surface area contributed by atoms with Gasteiger partial charge in [0.25, 0.3) is 0 Å². The van der Waals surface area contributed by atoms with Crippen molar-refractivity contribution in [1.29, 1.82) is 0 Å². The minimum Gasteiger partial charge on any atom is -0.355 e. The zero-order valence-corrected chi connectivity index (χ0v) is 13.8. The third-order valence-electron chi connectivity index (χ3n) is 3.26. The van der Waals surface area contributed by atoms with Crippen LogP contribution in [0.15, 0.2) is 47.9 Å². The second-order valence-corrected chi connectivity index (χ2v) is 6.26. The highest BCUT2D eigenvalue weighted by Gasteiger charge is 2.04. The fourth-order valence-electron chi connectivity index (χ4n) is 1.96. The smallest absolute Gasteiger partial charge is 0.230 e. The van der Waals surface area contributed by atoms with Gasteiger partial charge < -0.3 is 5.32 Å². The van der Waals surface area contributed by atoms with E-state index >= 15 is 0 Å². The number of hydrogen-bond acceptors (Lipinski definition) is 4. The Morgan fingerprint density at radius 3 is 2.50 bits per heavy atom. The summed E-state index contributed by atoms with van der Waals surface area (Å²) in [6, 6.07) is 10.3. The SMILES string of the molecule is CC(C)c1ccc(CCNC(=O)CSc2ncccn2)cc1.